The van der Waals surface area contributed by atoms with Gasteiger partial charge in [0.05, 0.1) is 5.69 Å². The second-order valence-electron chi connectivity index (χ2n) is 7.30. The molecule has 1 aliphatic heterocycles. The number of nitrogens with zero attached hydrogens (tertiary/aromatic N) is 5. The molecule has 1 amide bonds. The summed E-state index contributed by atoms with van der Waals surface area (Å²) in [7, 11) is 1.84. The Hall–Kier alpha value is -3.49. The number of H-pyrrole nitrogens is 1. The fourth-order valence-corrected chi connectivity index (χ4v) is 3.47. The number of anilines is 2. The summed E-state index contributed by atoms with van der Waals surface area (Å²) in [5.74, 6) is 1.87. The number of aryl methyl sites for hydroxylation is 3. The van der Waals surface area contributed by atoms with Crippen molar-refractivity contribution in [1.29, 1.82) is 0 Å². The number of pyridine rings is 1. The molecule has 4 heterocycles. The highest BCUT2D eigenvalue weighted by atomic mass is 16.2. The van der Waals surface area contributed by atoms with E-state index in [1.807, 2.05) is 26.1 Å². The highest BCUT2D eigenvalue weighted by Gasteiger charge is 2.34. The normalized spacial score (nSPS) is 16.5. The zero-order chi connectivity index (χ0) is 20.7. The molecule has 1 aliphatic rings. The second-order valence-corrected chi connectivity index (χ2v) is 7.30. The molecule has 1 fully saturated rings. The van der Waals surface area contributed by atoms with Gasteiger partial charge in [0.1, 0.15) is 23.5 Å². The van der Waals surface area contributed by atoms with Gasteiger partial charge in [-0.3, -0.25) is 19.2 Å². The lowest BCUT2D eigenvalue weighted by Gasteiger charge is -2.17. The summed E-state index contributed by atoms with van der Waals surface area (Å²) < 4.78 is 1.72. The van der Waals surface area contributed by atoms with E-state index in [0.29, 0.717) is 41.4 Å². The van der Waals surface area contributed by atoms with Gasteiger partial charge in [-0.25, -0.2) is 9.97 Å². The van der Waals surface area contributed by atoms with Crippen LogP contribution in [-0.2, 0) is 11.8 Å². The Kier molecular flexibility index (Phi) is 4.65. The van der Waals surface area contributed by atoms with E-state index in [2.05, 4.69) is 25.4 Å². The Morgan fingerprint density at radius 2 is 2.00 bits per heavy atom. The van der Waals surface area contributed by atoms with Gasteiger partial charge in [-0.05, 0) is 39.3 Å². The number of aromatic amines is 1. The van der Waals surface area contributed by atoms with E-state index in [4.69, 9.17) is 0 Å². The summed E-state index contributed by atoms with van der Waals surface area (Å²) in [5.41, 5.74) is 2.72. The van der Waals surface area contributed by atoms with E-state index in [9.17, 15) is 9.59 Å². The standard InChI is InChI=1S/C20H23N7O2/c1-11-9-17(26(4)25-11)27-8-7-15(20(27)29)23-16-6-5-14(10-21-16)18-22-13(3)12(2)19(28)24-18/h5-6,9-10,15H,7-8H2,1-4H3,(H,21,23)(H,22,24,28). The molecule has 0 bridgehead atoms. The molecule has 0 aromatic carbocycles. The van der Waals surface area contributed by atoms with E-state index >= 15 is 0 Å². The van der Waals surface area contributed by atoms with Gasteiger partial charge in [-0.15, -0.1) is 0 Å². The predicted molar refractivity (Wildman–Crippen MR) is 110 cm³/mol. The molecule has 0 spiro atoms. The van der Waals surface area contributed by atoms with Crippen molar-refractivity contribution in [3.63, 3.8) is 0 Å². The second kappa shape index (κ2) is 7.16. The zero-order valence-corrected chi connectivity index (χ0v) is 16.9. The maximum absolute atomic E-state index is 12.8. The minimum absolute atomic E-state index is 0.000896. The van der Waals surface area contributed by atoms with Gasteiger partial charge in [-0.2, -0.15) is 5.10 Å². The number of amides is 1. The molecule has 29 heavy (non-hydrogen) atoms. The SMILES string of the molecule is Cc1cc(N2CCC(Nc3ccc(-c4nc(C)c(C)c(=O)[nH]4)cn3)C2=O)n(C)n1. The number of hydrogen-bond acceptors (Lipinski definition) is 6. The van der Waals surface area contributed by atoms with Crippen molar-refractivity contribution in [2.24, 2.45) is 7.05 Å². The number of carbonyl (C=O) groups is 1. The van der Waals surface area contributed by atoms with Gasteiger partial charge in [0.25, 0.3) is 11.5 Å². The van der Waals surface area contributed by atoms with E-state index < -0.39 is 0 Å². The summed E-state index contributed by atoms with van der Waals surface area (Å²) in [6.45, 7) is 6.08. The molecule has 3 aromatic rings. The van der Waals surface area contributed by atoms with Gasteiger partial charge in [0.2, 0.25) is 0 Å². The largest absolute Gasteiger partial charge is 0.358 e. The van der Waals surface area contributed by atoms with Gasteiger partial charge in [0.15, 0.2) is 0 Å². The predicted octanol–water partition coefficient (Wildman–Crippen LogP) is 1.71. The first-order valence-electron chi connectivity index (χ1n) is 9.46. The fourth-order valence-electron chi connectivity index (χ4n) is 3.47. The molecule has 150 valence electrons. The molecule has 3 aromatic heterocycles. The first-order valence-corrected chi connectivity index (χ1v) is 9.46. The van der Waals surface area contributed by atoms with Crippen LogP contribution in [0.3, 0.4) is 0 Å². The number of nitrogens with one attached hydrogen (secondary N) is 2. The molecule has 0 radical (unpaired) electrons. The topological polar surface area (TPSA) is 109 Å². The number of aromatic nitrogens is 5. The molecule has 4 rings (SSSR count). The van der Waals surface area contributed by atoms with Gasteiger partial charge >= 0.3 is 0 Å². The molecule has 0 aliphatic carbocycles. The summed E-state index contributed by atoms with van der Waals surface area (Å²) in [4.78, 5) is 38.1. The van der Waals surface area contributed by atoms with Crippen molar-refractivity contribution in [2.75, 3.05) is 16.8 Å². The lowest BCUT2D eigenvalue weighted by molar-refractivity contribution is -0.117. The molecule has 1 atom stereocenters. The van der Waals surface area contributed by atoms with Crippen molar-refractivity contribution >= 4 is 17.5 Å². The van der Waals surface area contributed by atoms with Crippen LogP contribution in [0.5, 0.6) is 0 Å². The Morgan fingerprint density at radius 3 is 2.62 bits per heavy atom. The number of hydrogen-bond donors (Lipinski definition) is 2. The highest BCUT2D eigenvalue weighted by Crippen LogP contribution is 2.24. The fraction of sp³-hybridized carbons (Fsp3) is 0.350. The van der Waals surface area contributed by atoms with Gasteiger partial charge in [0, 0.05) is 42.7 Å². The molecule has 1 unspecified atom stereocenters. The van der Waals surface area contributed by atoms with Crippen molar-refractivity contribution in [1.82, 2.24) is 24.7 Å². The molecule has 9 nitrogen and oxygen atoms in total. The number of rotatable bonds is 4. The third-order valence-electron chi connectivity index (χ3n) is 5.21. The molecular formula is C20H23N7O2. The van der Waals surface area contributed by atoms with Crippen molar-refractivity contribution < 1.29 is 4.79 Å². The van der Waals surface area contributed by atoms with Crippen LogP contribution < -0.4 is 15.8 Å². The Labute approximate surface area is 167 Å². The summed E-state index contributed by atoms with van der Waals surface area (Å²) in [5, 5.41) is 7.52. The average Bonchev–Trinajstić information content (AvgIpc) is 3.21. The summed E-state index contributed by atoms with van der Waals surface area (Å²) >= 11 is 0. The van der Waals surface area contributed by atoms with Crippen molar-refractivity contribution in [3.8, 4) is 11.4 Å². The molecule has 2 N–H and O–H groups in total. The van der Waals surface area contributed by atoms with Crippen LogP contribution in [0.25, 0.3) is 11.4 Å². The smallest absolute Gasteiger partial charge is 0.254 e. The summed E-state index contributed by atoms with van der Waals surface area (Å²) in [6.07, 6.45) is 2.32. The highest BCUT2D eigenvalue weighted by molar-refractivity contribution is 6.00. The molecule has 1 saturated heterocycles. The first-order chi connectivity index (χ1) is 13.8. The van der Waals surface area contributed by atoms with E-state index in [1.165, 1.54) is 0 Å². The Bertz CT molecular complexity index is 1130. The monoisotopic (exact) mass is 393 g/mol. The van der Waals surface area contributed by atoms with E-state index in [1.54, 1.807) is 35.7 Å². The van der Waals surface area contributed by atoms with Crippen LogP contribution >= 0.6 is 0 Å². The minimum Gasteiger partial charge on any atom is -0.358 e. The van der Waals surface area contributed by atoms with E-state index in [0.717, 1.165) is 11.5 Å². The maximum atomic E-state index is 12.8. The molecule has 9 heteroatoms. The van der Waals surface area contributed by atoms with Crippen LogP contribution in [0.15, 0.2) is 29.2 Å². The van der Waals surface area contributed by atoms with Crippen LogP contribution in [0.4, 0.5) is 11.6 Å². The first kappa shape index (κ1) is 18.9. The van der Waals surface area contributed by atoms with Crippen LogP contribution in [0, 0.1) is 20.8 Å². The van der Waals surface area contributed by atoms with Crippen LogP contribution in [0.1, 0.15) is 23.4 Å². The average molecular weight is 393 g/mol. The Balaban J connectivity index is 1.49. The number of carbonyl (C=O) groups excluding carboxylic acids is 1. The van der Waals surface area contributed by atoms with E-state index in [-0.39, 0.29) is 17.5 Å². The van der Waals surface area contributed by atoms with Crippen molar-refractivity contribution in [2.45, 2.75) is 33.2 Å². The van der Waals surface area contributed by atoms with Crippen molar-refractivity contribution in [3.05, 3.63) is 51.7 Å². The van der Waals surface area contributed by atoms with Crippen LogP contribution in [0.2, 0.25) is 0 Å². The minimum atomic E-state index is -0.344. The maximum Gasteiger partial charge on any atom is 0.254 e. The third-order valence-corrected chi connectivity index (χ3v) is 5.21. The van der Waals surface area contributed by atoms with Gasteiger partial charge < -0.3 is 10.3 Å². The zero-order valence-electron chi connectivity index (χ0n) is 16.9. The Morgan fingerprint density at radius 1 is 1.21 bits per heavy atom. The third kappa shape index (κ3) is 3.51. The molecule has 0 saturated carbocycles. The van der Waals surface area contributed by atoms with Gasteiger partial charge in [-0.1, -0.05) is 0 Å². The lowest BCUT2D eigenvalue weighted by Crippen LogP contribution is -2.34. The lowest BCUT2D eigenvalue weighted by atomic mass is 10.2. The summed E-state index contributed by atoms with van der Waals surface area (Å²) in [6, 6.07) is 5.17. The molecular weight excluding hydrogens is 370 g/mol. The van der Waals surface area contributed by atoms with Crippen LogP contribution in [-0.4, -0.2) is 43.2 Å². The quantitative estimate of drug-likeness (QED) is 0.698.